The number of carbonyl (C=O) groups excluding carboxylic acids is 1. The molecular formula is C12H15BrN2O. The molecule has 1 saturated heterocycles. The summed E-state index contributed by atoms with van der Waals surface area (Å²) in [5.74, 6) is 0.0407. The second-order valence-corrected chi connectivity index (χ2v) is 5.15. The van der Waals surface area contributed by atoms with E-state index in [1.54, 1.807) is 0 Å². The molecule has 2 N–H and O–H groups in total. The van der Waals surface area contributed by atoms with Gasteiger partial charge in [0.1, 0.15) is 6.29 Å². The minimum Gasteiger partial charge on any atom is -0.303 e. The summed E-state index contributed by atoms with van der Waals surface area (Å²) in [6.07, 6.45) is 1.90. The highest BCUT2D eigenvalue weighted by Crippen LogP contribution is 2.19. The van der Waals surface area contributed by atoms with E-state index in [9.17, 15) is 4.79 Å². The zero-order chi connectivity index (χ0) is 11.5. The molecule has 0 spiro atoms. The third-order valence-corrected chi connectivity index (χ3v) is 3.53. The van der Waals surface area contributed by atoms with Crippen molar-refractivity contribution in [3.63, 3.8) is 0 Å². The smallest absolute Gasteiger partial charge is 0.126 e. The fourth-order valence-electron chi connectivity index (χ4n) is 2.10. The number of hydrogen-bond donors (Lipinski definition) is 2. The maximum absolute atomic E-state index is 11.0. The summed E-state index contributed by atoms with van der Waals surface area (Å²) < 4.78 is 1.08. The van der Waals surface area contributed by atoms with Gasteiger partial charge in [0.15, 0.2) is 0 Å². The van der Waals surface area contributed by atoms with Crippen LogP contribution in [-0.2, 0) is 11.2 Å². The Morgan fingerprint density at radius 2 is 2.25 bits per heavy atom. The van der Waals surface area contributed by atoms with E-state index >= 15 is 0 Å². The Bertz CT molecular complexity index is 383. The van der Waals surface area contributed by atoms with Crippen LogP contribution in [0.4, 0.5) is 0 Å². The van der Waals surface area contributed by atoms with Gasteiger partial charge in [-0.15, -0.1) is 0 Å². The van der Waals surface area contributed by atoms with Gasteiger partial charge in [-0.1, -0.05) is 28.1 Å². The Balaban J connectivity index is 2.07. The lowest BCUT2D eigenvalue weighted by molar-refractivity contribution is -0.111. The average molecular weight is 283 g/mol. The van der Waals surface area contributed by atoms with Gasteiger partial charge in [-0.2, -0.15) is 0 Å². The number of nitrogens with one attached hydrogen (secondary N) is 2. The Morgan fingerprint density at radius 1 is 1.44 bits per heavy atom. The summed E-state index contributed by atoms with van der Waals surface area (Å²) in [4.78, 5) is 11.0. The van der Waals surface area contributed by atoms with Crippen molar-refractivity contribution in [2.24, 2.45) is 5.92 Å². The van der Waals surface area contributed by atoms with Crippen LogP contribution in [0.3, 0.4) is 0 Å². The standard InChI is InChI=1S/C12H15BrN2O/c1-8-11(7-16)12(15-14-8)6-9-3-2-4-10(13)5-9/h2-5,7-8,11-12,14-15H,6H2,1H3. The van der Waals surface area contributed by atoms with E-state index in [0.29, 0.717) is 0 Å². The summed E-state index contributed by atoms with van der Waals surface area (Å²) in [6, 6.07) is 8.57. The van der Waals surface area contributed by atoms with Gasteiger partial charge < -0.3 is 4.79 Å². The minimum absolute atomic E-state index is 0.0407. The fourth-order valence-corrected chi connectivity index (χ4v) is 2.54. The predicted molar refractivity (Wildman–Crippen MR) is 66.9 cm³/mol. The lowest BCUT2D eigenvalue weighted by atomic mass is 9.92. The molecule has 1 aromatic carbocycles. The van der Waals surface area contributed by atoms with Crippen LogP contribution in [0.1, 0.15) is 12.5 Å². The van der Waals surface area contributed by atoms with Gasteiger partial charge in [0.25, 0.3) is 0 Å². The molecular weight excluding hydrogens is 268 g/mol. The number of hydrogen-bond acceptors (Lipinski definition) is 3. The highest BCUT2D eigenvalue weighted by molar-refractivity contribution is 9.10. The Labute approximate surface area is 104 Å². The van der Waals surface area contributed by atoms with Crippen LogP contribution in [0, 0.1) is 5.92 Å². The molecule has 3 atom stereocenters. The third-order valence-electron chi connectivity index (χ3n) is 3.04. The molecule has 3 nitrogen and oxygen atoms in total. The summed E-state index contributed by atoms with van der Waals surface area (Å²) in [5, 5.41) is 0. The number of rotatable bonds is 3. The van der Waals surface area contributed by atoms with E-state index in [1.807, 2.05) is 19.1 Å². The number of halogens is 1. The maximum Gasteiger partial charge on any atom is 0.126 e. The molecule has 16 heavy (non-hydrogen) atoms. The second kappa shape index (κ2) is 5.08. The van der Waals surface area contributed by atoms with E-state index in [4.69, 9.17) is 0 Å². The number of carbonyl (C=O) groups is 1. The third kappa shape index (κ3) is 2.51. The van der Waals surface area contributed by atoms with Crippen LogP contribution < -0.4 is 10.9 Å². The first-order chi connectivity index (χ1) is 7.70. The van der Waals surface area contributed by atoms with E-state index in [2.05, 4.69) is 38.9 Å². The van der Waals surface area contributed by atoms with Crippen molar-refractivity contribution in [1.29, 1.82) is 0 Å². The molecule has 1 heterocycles. The van der Waals surface area contributed by atoms with Crippen molar-refractivity contribution >= 4 is 22.2 Å². The first kappa shape index (κ1) is 11.8. The SMILES string of the molecule is CC1NNC(Cc2cccc(Br)c2)C1C=O. The number of aldehydes is 1. The highest BCUT2D eigenvalue weighted by atomic mass is 79.9. The molecule has 0 aromatic heterocycles. The fraction of sp³-hybridized carbons (Fsp3) is 0.417. The van der Waals surface area contributed by atoms with Gasteiger partial charge in [0.05, 0.1) is 0 Å². The first-order valence-corrected chi connectivity index (χ1v) is 6.21. The molecule has 0 aliphatic carbocycles. The molecule has 0 radical (unpaired) electrons. The van der Waals surface area contributed by atoms with Crippen molar-refractivity contribution < 1.29 is 4.79 Å². The normalized spacial score (nSPS) is 29.2. The number of hydrazine groups is 1. The summed E-state index contributed by atoms with van der Waals surface area (Å²) >= 11 is 3.45. The Morgan fingerprint density at radius 3 is 2.94 bits per heavy atom. The monoisotopic (exact) mass is 282 g/mol. The molecule has 1 aliphatic rings. The van der Waals surface area contributed by atoms with Crippen molar-refractivity contribution in [3.8, 4) is 0 Å². The van der Waals surface area contributed by atoms with Gasteiger partial charge in [0, 0.05) is 22.5 Å². The van der Waals surface area contributed by atoms with Gasteiger partial charge in [0.2, 0.25) is 0 Å². The lowest BCUT2D eigenvalue weighted by Gasteiger charge is -2.15. The molecule has 1 aliphatic heterocycles. The summed E-state index contributed by atoms with van der Waals surface area (Å²) in [6.45, 7) is 2.02. The molecule has 1 fully saturated rings. The van der Waals surface area contributed by atoms with Crippen molar-refractivity contribution in [3.05, 3.63) is 34.3 Å². The number of benzene rings is 1. The van der Waals surface area contributed by atoms with Crippen molar-refractivity contribution in [2.75, 3.05) is 0 Å². The molecule has 2 rings (SSSR count). The quantitative estimate of drug-likeness (QED) is 0.829. The van der Waals surface area contributed by atoms with Crippen LogP contribution in [0.5, 0.6) is 0 Å². The molecule has 0 amide bonds. The zero-order valence-electron chi connectivity index (χ0n) is 9.11. The molecule has 4 heteroatoms. The van der Waals surface area contributed by atoms with Crippen LogP contribution in [0.25, 0.3) is 0 Å². The Kier molecular flexibility index (Phi) is 3.74. The maximum atomic E-state index is 11.0. The summed E-state index contributed by atoms with van der Waals surface area (Å²) in [7, 11) is 0. The van der Waals surface area contributed by atoms with Crippen LogP contribution in [0.15, 0.2) is 28.7 Å². The van der Waals surface area contributed by atoms with E-state index in [0.717, 1.165) is 17.2 Å². The molecule has 86 valence electrons. The first-order valence-electron chi connectivity index (χ1n) is 5.41. The molecule has 3 unspecified atom stereocenters. The van der Waals surface area contributed by atoms with E-state index in [1.165, 1.54) is 5.56 Å². The van der Waals surface area contributed by atoms with Crippen molar-refractivity contribution in [2.45, 2.75) is 25.4 Å². The summed E-state index contributed by atoms with van der Waals surface area (Å²) in [5.41, 5.74) is 7.52. The van der Waals surface area contributed by atoms with Crippen molar-refractivity contribution in [1.82, 2.24) is 10.9 Å². The Hall–Kier alpha value is -0.710. The van der Waals surface area contributed by atoms with Gasteiger partial charge in [-0.3, -0.25) is 10.9 Å². The molecule has 1 aromatic rings. The van der Waals surface area contributed by atoms with Gasteiger partial charge in [-0.05, 0) is 31.0 Å². The van der Waals surface area contributed by atoms with Crippen LogP contribution in [-0.4, -0.2) is 18.4 Å². The van der Waals surface area contributed by atoms with Gasteiger partial charge in [-0.25, -0.2) is 0 Å². The highest BCUT2D eigenvalue weighted by Gasteiger charge is 2.32. The topological polar surface area (TPSA) is 41.1 Å². The van der Waals surface area contributed by atoms with E-state index < -0.39 is 0 Å². The minimum atomic E-state index is 0.0407. The van der Waals surface area contributed by atoms with E-state index in [-0.39, 0.29) is 18.0 Å². The molecule has 0 bridgehead atoms. The second-order valence-electron chi connectivity index (χ2n) is 4.23. The largest absolute Gasteiger partial charge is 0.303 e. The average Bonchev–Trinajstić information content (AvgIpc) is 2.59. The lowest BCUT2D eigenvalue weighted by Crippen LogP contribution is -2.34. The zero-order valence-corrected chi connectivity index (χ0v) is 10.7. The van der Waals surface area contributed by atoms with Crippen LogP contribution in [0.2, 0.25) is 0 Å². The van der Waals surface area contributed by atoms with Crippen LogP contribution >= 0.6 is 15.9 Å². The van der Waals surface area contributed by atoms with Gasteiger partial charge >= 0.3 is 0 Å². The predicted octanol–water partition coefficient (Wildman–Crippen LogP) is 1.67. The molecule has 0 saturated carbocycles.